The van der Waals surface area contributed by atoms with Crippen LogP contribution in [-0.4, -0.2) is 34.5 Å². The van der Waals surface area contributed by atoms with Crippen LogP contribution in [0.25, 0.3) is 11.2 Å². The van der Waals surface area contributed by atoms with E-state index in [4.69, 9.17) is 0 Å². The SMILES string of the molecule is Cn1c(=O)c2c(ncn2CC(=O)Nc2ncc([N+](=O)[O-])s2)n(C)c1=O. The summed E-state index contributed by atoms with van der Waals surface area (Å²) in [5.74, 6) is -0.542. The Bertz CT molecular complexity index is 1120. The molecular weight excluding hydrogens is 354 g/mol. The van der Waals surface area contributed by atoms with E-state index in [0.29, 0.717) is 0 Å². The smallest absolute Gasteiger partial charge is 0.315 e. The molecule has 0 aromatic carbocycles. The second-order valence-electron chi connectivity index (χ2n) is 5.06. The van der Waals surface area contributed by atoms with Crippen LogP contribution in [-0.2, 0) is 25.4 Å². The van der Waals surface area contributed by atoms with Crippen LogP contribution in [0.5, 0.6) is 0 Å². The normalized spacial score (nSPS) is 11.0. The topological polar surface area (TPSA) is 147 Å². The molecule has 3 aromatic rings. The molecule has 0 fully saturated rings. The maximum atomic E-state index is 12.3. The Morgan fingerprint density at radius 2 is 2.04 bits per heavy atom. The van der Waals surface area contributed by atoms with Gasteiger partial charge < -0.3 is 9.88 Å². The van der Waals surface area contributed by atoms with Crippen molar-refractivity contribution in [2.75, 3.05) is 5.32 Å². The number of nitro groups is 1. The average Bonchev–Trinajstić information content (AvgIpc) is 3.18. The van der Waals surface area contributed by atoms with Gasteiger partial charge in [-0.15, -0.1) is 0 Å². The van der Waals surface area contributed by atoms with Gasteiger partial charge in [-0.3, -0.25) is 28.8 Å². The Balaban J connectivity index is 1.90. The molecule has 12 nitrogen and oxygen atoms in total. The van der Waals surface area contributed by atoms with Crippen LogP contribution in [0.15, 0.2) is 22.1 Å². The lowest BCUT2D eigenvalue weighted by Gasteiger charge is -2.06. The Labute approximate surface area is 142 Å². The van der Waals surface area contributed by atoms with Gasteiger partial charge in [-0.05, 0) is 11.3 Å². The maximum absolute atomic E-state index is 12.3. The second-order valence-corrected chi connectivity index (χ2v) is 6.07. The molecule has 130 valence electrons. The molecule has 0 aliphatic heterocycles. The summed E-state index contributed by atoms with van der Waals surface area (Å²) in [5.41, 5.74) is -0.841. The maximum Gasteiger partial charge on any atom is 0.345 e. The standard InChI is InChI=1S/C12H11N7O5S/c1-16-9-8(10(21)17(2)12(16)22)18(5-14-9)4-6(20)15-11-13-3-7(25-11)19(23)24/h3,5H,4H2,1-2H3,(H,13,15,20). The third-order valence-corrected chi connectivity index (χ3v) is 4.32. The summed E-state index contributed by atoms with van der Waals surface area (Å²) in [6.07, 6.45) is 2.31. The predicted octanol–water partition coefficient (Wildman–Crippen LogP) is -0.563. The number of aromatic nitrogens is 5. The van der Waals surface area contributed by atoms with E-state index in [2.05, 4.69) is 15.3 Å². The predicted molar refractivity (Wildman–Crippen MR) is 87.6 cm³/mol. The van der Waals surface area contributed by atoms with E-state index in [1.807, 2.05) is 0 Å². The molecular formula is C12H11N7O5S. The molecule has 3 rings (SSSR count). The fourth-order valence-corrected chi connectivity index (χ4v) is 2.89. The Morgan fingerprint density at radius 1 is 1.32 bits per heavy atom. The van der Waals surface area contributed by atoms with Crippen LogP contribution >= 0.6 is 11.3 Å². The van der Waals surface area contributed by atoms with E-state index < -0.39 is 22.1 Å². The molecule has 0 aliphatic carbocycles. The molecule has 0 unspecified atom stereocenters. The van der Waals surface area contributed by atoms with Crippen LogP contribution in [0.4, 0.5) is 10.1 Å². The summed E-state index contributed by atoms with van der Waals surface area (Å²) in [7, 11) is 2.80. The molecule has 3 heterocycles. The highest BCUT2D eigenvalue weighted by Crippen LogP contribution is 2.24. The fraction of sp³-hybridized carbons (Fsp3) is 0.250. The molecule has 0 spiro atoms. The molecule has 0 saturated heterocycles. The Morgan fingerprint density at radius 3 is 2.68 bits per heavy atom. The summed E-state index contributed by atoms with van der Waals surface area (Å²) in [4.78, 5) is 54.0. The molecule has 25 heavy (non-hydrogen) atoms. The molecule has 1 N–H and O–H groups in total. The van der Waals surface area contributed by atoms with Crippen LogP contribution in [0.1, 0.15) is 0 Å². The molecule has 0 bridgehead atoms. The van der Waals surface area contributed by atoms with Crippen LogP contribution in [0.2, 0.25) is 0 Å². The van der Waals surface area contributed by atoms with E-state index >= 15 is 0 Å². The van der Waals surface area contributed by atoms with E-state index in [1.54, 1.807) is 0 Å². The first-order valence-electron chi connectivity index (χ1n) is 6.80. The largest absolute Gasteiger partial charge is 0.345 e. The fourth-order valence-electron chi connectivity index (χ4n) is 2.24. The lowest BCUT2D eigenvalue weighted by atomic mass is 10.4. The number of nitrogens with zero attached hydrogens (tertiary/aromatic N) is 6. The van der Waals surface area contributed by atoms with Crippen molar-refractivity contribution < 1.29 is 9.72 Å². The first-order chi connectivity index (χ1) is 11.8. The molecule has 3 aromatic heterocycles. The van der Waals surface area contributed by atoms with Crippen LogP contribution in [0, 0.1) is 10.1 Å². The number of carbonyl (C=O) groups excluding carboxylic acids is 1. The van der Waals surface area contributed by atoms with Gasteiger partial charge in [0.2, 0.25) is 5.91 Å². The van der Waals surface area contributed by atoms with Gasteiger partial charge in [0, 0.05) is 14.1 Å². The van der Waals surface area contributed by atoms with Gasteiger partial charge in [0.15, 0.2) is 16.3 Å². The molecule has 1 amide bonds. The minimum absolute atomic E-state index is 0.0708. The summed E-state index contributed by atoms with van der Waals surface area (Å²) >= 11 is 0.717. The van der Waals surface area contributed by atoms with Crippen molar-refractivity contribution in [3.8, 4) is 0 Å². The highest BCUT2D eigenvalue weighted by atomic mass is 32.1. The van der Waals surface area contributed by atoms with Crippen LogP contribution < -0.4 is 16.6 Å². The summed E-state index contributed by atoms with van der Waals surface area (Å²) in [6.45, 7) is -0.267. The van der Waals surface area contributed by atoms with Crippen molar-refractivity contribution in [3.63, 3.8) is 0 Å². The number of amides is 1. The van der Waals surface area contributed by atoms with Gasteiger partial charge in [0.25, 0.3) is 5.56 Å². The Kier molecular flexibility index (Phi) is 3.92. The molecule has 13 heteroatoms. The van der Waals surface area contributed by atoms with E-state index in [9.17, 15) is 24.5 Å². The van der Waals surface area contributed by atoms with Crippen molar-refractivity contribution in [1.29, 1.82) is 0 Å². The van der Waals surface area contributed by atoms with Crippen molar-refractivity contribution in [1.82, 2.24) is 23.7 Å². The van der Waals surface area contributed by atoms with Crippen molar-refractivity contribution >= 4 is 38.5 Å². The third-order valence-electron chi connectivity index (χ3n) is 3.45. The quantitative estimate of drug-likeness (QED) is 0.481. The number of anilines is 1. The Hall–Kier alpha value is -3.35. The number of thiazole rings is 1. The number of aryl methyl sites for hydroxylation is 1. The van der Waals surface area contributed by atoms with Crippen molar-refractivity contribution in [2.24, 2.45) is 14.1 Å². The number of carbonyl (C=O) groups is 1. The first kappa shape index (κ1) is 16.5. The van der Waals surface area contributed by atoms with Crippen LogP contribution in [0.3, 0.4) is 0 Å². The molecule has 0 radical (unpaired) electrons. The average molecular weight is 365 g/mol. The summed E-state index contributed by atoms with van der Waals surface area (Å²) < 4.78 is 3.42. The number of imidazole rings is 1. The van der Waals surface area contributed by atoms with E-state index in [1.165, 1.54) is 29.6 Å². The molecule has 0 aliphatic rings. The van der Waals surface area contributed by atoms with E-state index in [-0.39, 0.29) is 27.8 Å². The summed E-state index contributed by atoms with van der Waals surface area (Å²) in [6, 6.07) is 0. The monoisotopic (exact) mass is 365 g/mol. The number of rotatable bonds is 4. The minimum Gasteiger partial charge on any atom is -0.315 e. The van der Waals surface area contributed by atoms with Crippen molar-refractivity contribution in [2.45, 2.75) is 6.54 Å². The van der Waals surface area contributed by atoms with Gasteiger partial charge in [0.1, 0.15) is 12.7 Å². The van der Waals surface area contributed by atoms with Gasteiger partial charge in [-0.1, -0.05) is 0 Å². The highest BCUT2D eigenvalue weighted by Gasteiger charge is 2.17. The highest BCUT2D eigenvalue weighted by molar-refractivity contribution is 7.18. The lowest BCUT2D eigenvalue weighted by molar-refractivity contribution is -0.380. The second kappa shape index (κ2) is 5.94. The third kappa shape index (κ3) is 2.80. The zero-order valence-electron chi connectivity index (χ0n) is 13.0. The summed E-state index contributed by atoms with van der Waals surface area (Å²) in [5, 5.41) is 12.9. The van der Waals surface area contributed by atoms with Gasteiger partial charge >= 0.3 is 10.7 Å². The van der Waals surface area contributed by atoms with E-state index in [0.717, 1.165) is 22.1 Å². The van der Waals surface area contributed by atoms with Gasteiger partial charge in [0.05, 0.1) is 11.3 Å². The van der Waals surface area contributed by atoms with Gasteiger partial charge in [-0.25, -0.2) is 14.8 Å². The zero-order valence-corrected chi connectivity index (χ0v) is 13.8. The lowest BCUT2D eigenvalue weighted by Crippen LogP contribution is -2.37. The number of hydrogen-bond donors (Lipinski definition) is 1. The zero-order chi connectivity index (χ0) is 18.3. The number of nitrogens with one attached hydrogen (secondary N) is 1. The number of hydrogen-bond acceptors (Lipinski definition) is 8. The molecule has 0 saturated carbocycles. The molecule has 0 atom stereocenters. The number of fused-ring (bicyclic) bond motifs is 1. The first-order valence-corrected chi connectivity index (χ1v) is 7.62. The van der Waals surface area contributed by atoms with Gasteiger partial charge in [-0.2, -0.15) is 0 Å². The minimum atomic E-state index is -0.610. The van der Waals surface area contributed by atoms with Crippen molar-refractivity contribution in [3.05, 3.63) is 43.5 Å².